The minimum atomic E-state index is -4.32. The van der Waals surface area contributed by atoms with Crippen molar-refractivity contribution in [1.29, 1.82) is 0 Å². The lowest BCUT2D eigenvalue weighted by Crippen LogP contribution is -2.26. The third kappa shape index (κ3) is 4.08. The van der Waals surface area contributed by atoms with Crippen molar-refractivity contribution in [3.05, 3.63) is 72.1 Å². The standard InChI is InChI=1S/C20H24N2O3S/c1-20(2,3)17-9-10-18(19(13-17)26(23,24)25)22-12-11-21(15-22)14-16-7-5-4-6-8-16/h4-13H,14-15H2,1-3H3,(H,23,24,25). The molecule has 5 nitrogen and oxygen atoms in total. The van der Waals surface area contributed by atoms with E-state index in [9.17, 15) is 13.0 Å². The van der Waals surface area contributed by atoms with Crippen LogP contribution in [-0.4, -0.2) is 24.5 Å². The van der Waals surface area contributed by atoms with E-state index >= 15 is 0 Å². The molecule has 0 saturated heterocycles. The molecule has 3 rings (SSSR count). The van der Waals surface area contributed by atoms with Gasteiger partial charge in [-0.3, -0.25) is 4.55 Å². The van der Waals surface area contributed by atoms with Gasteiger partial charge in [-0.1, -0.05) is 57.2 Å². The fraction of sp³-hybridized carbons (Fsp3) is 0.300. The van der Waals surface area contributed by atoms with Crippen molar-refractivity contribution < 1.29 is 13.0 Å². The van der Waals surface area contributed by atoms with Crippen LogP contribution in [0.4, 0.5) is 5.69 Å². The predicted octanol–water partition coefficient (Wildman–Crippen LogP) is 3.98. The van der Waals surface area contributed by atoms with E-state index in [0.29, 0.717) is 12.4 Å². The van der Waals surface area contributed by atoms with Gasteiger partial charge < -0.3 is 9.80 Å². The summed E-state index contributed by atoms with van der Waals surface area (Å²) in [6, 6.07) is 15.3. The average Bonchev–Trinajstić information content (AvgIpc) is 3.02. The predicted molar refractivity (Wildman–Crippen MR) is 103 cm³/mol. The molecule has 0 aromatic heterocycles. The molecule has 0 aliphatic carbocycles. The lowest BCUT2D eigenvalue weighted by molar-refractivity contribution is 0.399. The van der Waals surface area contributed by atoms with Crippen molar-refractivity contribution in [3.8, 4) is 0 Å². The summed E-state index contributed by atoms with van der Waals surface area (Å²) in [6.07, 6.45) is 3.77. The fourth-order valence-electron chi connectivity index (χ4n) is 2.97. The largest absolute Gasteiger partial charge is 0.354 e. The zero-order valence-electron chi connectivity index (χ0n) is 15.3. The van der Waals surface area contributed by atoms with E-state index in [1.807, 2.05) is 62.3 Å². The van der Waals surface area contributed by atoms with Crippen LogP contribution < -0.4 is 4.90 Å². The van der Waals surface area contributed by atoms with Crippen LogP contribution >= 0.6 is 0 Å². The maximum atomic E-state index is 12.0. The second-order valence-corrected chi connectivity index (χ2v) is 8.94. The molecule has 0 unspecified atom stereocenters. The molecule has 138 valence electrons. The van der Waals surface area contributed by atoms with Crippen LogP contribution in [0.1, 0.15) is 31.9 Å². The van der Waals surface area contributed by atoms with Crippen LogP contribution in [0.15, 0.2) is 65.8 Å². The number of benzene rings is 2. The molecule has 1 N–H and O–H groups in total. The molecule has 1 aliphatic rings. The first kappa shape index (κ1) is 18.5. The maximum absolute atomic E-state index is 12.0. The first-order valence-corrected chi connectivity index (χ1v) is 9.93. The van der Waals surface area contributed by atoms with Gasteiger partial charge in [-0.15, -0.1) is 0 Å². The van der Waals surface area contributed by atoms with Gasteiger partial charge in [0.25, 0.3) is 10.1 Å². The highest BCUT2D eigenvalue weighted by Gasteiger charge is 2.25. The maximum Gasteiger partial charge on any atom is 0.296 e. The van der Waals surface area contributed by atoms with Crippen molar-refractivity contribution in [2.24, 2.45) is 0 Å². The van der Waals surface area contributed by atoms with Crippen molar-refractivity contribution in [3.63, 3.8) is 0 Å². The SMILES string of the molecule is CC(C)(C)c1ccc(N2C=CN(Cc3ccccc3)C2)c(S(=O)(=O)O)c1. The summed E-state index contributed by atoms with van der Waals surface area (Å²) >= 11 is 0. The number of rotatable bonds is 4. The number of anilines is 1. The molecule has 0 saturated carbocycles. The second kappa shape index (κ2) is 6.78. The van der Waals surface area contributed by atoms with Gasteiger partial charge in [0.05, 0.1) is 12.4 Å². The van der Waals surface area contributed by atoms with Crippen LogP contribution in [0.2, 0.25) is 0 Å². The molecule has 1 heterocycles. The number of nitrogens with zero attached hydrogens (tertiary/aromatic N) is 2. The van der Waals surface area contributed by atoms with E-state index in [2.05, 4.69) is 17.0 Å². The minimum absolute atomic E-state index is 0.0591. The summed E-state index contributed by atoms with van der Waals surface area (Å²) in [4.78, 5) is 3.86. The van der Waals surface area contributed by atoms with Gasteiger partial charge in [0.2, 0.25) is 0 Å². The third-order valence-corrected chi connectivity index (χ3v) is 5.32. The third-order valence-electron chi connectivity index (χ3n) is 4.43. The molecular formula is C20H24N2O3S. The van der Waals surface area contributed by atoms with Crippen LogP contribution in [0.25, 0.3) is 0 Å². The quantitative estimate of drug-likeness (QED) is 0.823. The van der Waals surface area contributed by atoms with Crippen LogP contribution in [0, 0.1) is 0 Å². The molecule has 26 heavy (non-hydrogen) atoms. The Morgan fingerprint density at radius 1 is 1.04 bits per heavy atom. The van der Waals surface area contributed by atoms with E-state index in [-0.39, 0.29) is 10.3 Å². The summed E-state index contributed by atoms with van der Waals surface area (Å²) in [7, 11) is -4.32. The van der Waals surface area contributed by atoms with Crippen molar-refractivity contribution in [1.82, 2.24) is 4.90 Å². The zero-order valence-corrected chi connectivity index (χ0v) is 16.1. The Hall–Kier alpha value is -2.31. The molecule has 2 aromatic carbocycles. The molecule has 2 aromatic rings. The Morgan fingerprint density at radius 2 is 1.73 bits per heavy atom. The number of hydrogen-bond acceptors (Lipinski definition) is 4. The van der Waals surface area contributed by atoms with Gasteiger partial charge in [-0.05, 0) is 28.7 Å². The van der Waals surface area contributed by atoms with Crippen LogP contribution in [0.3, 0.4) is 0 Å². The molecule has 1 aliphatic heterocycles. The molecule has 0 fully saturated rings. The van der Waals surface area contributed by atoms with E-state index in [0.717, 1.165) is 12.1 Å². The summed E-state index contributed by atoms with van der Waals surface area (Å²) in [5.41, 5.74) is 2.31. The van der Waals surface area contributed by atoms with Gasteiger partial charge in [-0.2, -0.15) is 8.42 Å². The average molecular weight is 372 g/mol. The summed E-state index contributed by atoms with van der Waals surface area (Å²) in [6.45, 7) is 7.27. The van der Waals surface area contributed by atoms with E-state index in [1.165, 1.54) is 5.56 Å². The smallest absolute Gasteiger partial charge is 0.296 e. The number of hydrogen-bond donors (Lipinski definition) is 1. The second-order valence-electron chi connectivity index (χ2n) is 7.55. The summed E-state index contributed by atoms with van der Waals surface area (Å²) in [5, 5.41) is 0. The van der Waals surface area contributed by atoms with Crippen LogP contribution in [-0.2, 0) is 22.1 Å². The Labute approximate surface area is 155 Å². The molecule has 0 radical (unpaired) electrons. The van der Waals surface area contributed by atoms with E-state index in [4.69, 9.17) is 0 Å². The molecule has 0 spiro atoms. The Kier molecular flexibility index (Phi) is 4.82. The van der Waals surface area contributed by atoms with Crippen molar-refractivity contribution in [2.75, 3.05) is 11.6 Å². The van der Waals surface area contributed by atoms with Gasteiger partial charge in [0.15, 0.2) is 0 Å². The Bertz CT molecular complexity index is 916. The highest BCUT2D eigenvalue weighted by atomic mass is 32.2. The monoisotopic (exact) mass is 372 g/mol. The highest BCUT2D eigenvalue weighted by Crippen LogP contribution is 2.33. The summed E-state index contributed by atoms with van der Waals surface area (Å²) < 4.78 is 33.6. The van der Waals surface area contributed by atoms with Gasteiger partial charge in [0.1, 0.15) is 4.90 Å². The van der Waals surface area contributed by atoms with Gasteiger partial charge >= 0.3 is 0 Å². The first-order valence-electron chi connectivity index (χ1n) is 8.49. The van der Waals surface area contributed by atoms with Gasteiger partial charge in [-0.25, -0.2) is 0 Å². The van der Waals surface area contributed by atoms with Gasteiger partial charge in [0, 0.05) is 18.9 Å². The molecule has 0 atom stereocenters. The normalized spacial score (nSPS) is 14.9. The molecule has 0 bridgehead atoms. The van der Waals surface area contributed by atoms with Crippen LogP contribution in [0.5, 0.6) is 0 Å². The molecular weight excluding hydrogens is 348 g/mol. The van der Waals surface area contributed by atoms with E-state index in [1.54, 1.807) is 12.1 Å². The highest BCUT2D eigenvalue weighted by molar-refractivity contribution is 7.86. The topological polar surface area (TPSA) is 60.9 Å². The molecule has 0 amide bonds. The van der Waals surface area contributed by atoms with E-state index < -0.39 is 10.1 Å². The lowest BCUT2D eigenvalue weighted by Gasteiger charge is -2.25. The molecule has 6 heteroatoms. The van der Waals surface area contributed by atoms with Crippen molar-refractivity contribution >= 4 is 15.8 Å². The first-order chi connectivity index (χ1) is 12.1. The summed E-state index contributed by atoms with van der Waals surface area (Å²) in [5.74, 6) is 0. The van der Waals surface area contributed by atoms with Crippen molar-refractivity contribution in [2.45, 2.75) is 37.6 Å². The Balaban J connectivity index is 1.87. The minimum Gasteiger partial charge on any atom is -0.354 e. The lowest BCUT2D eigenvalue weighted by atomic mass is 9.87. The fourth-order valence-corrected chi connectivity index (χ4v) is 3.69. The Morgan fingerprint density at radius 3 is 2.35 bits per heavy atom. The zero-order chi connectivity index (χ0) is 18.9.